The van der Waals surface area contributed by atoms with Crippen LogP contribution in [0.25, 0.3) is 0 Å². The minimum absolute atomic E-state index is 0.0734. The van der Waals surface area contributed by atoms with Gasteiger partial charge in [0.15, 0.2) is 19.7 Å². The Morgan fingerprint density at radius 3 is 0.975 bits per heavy atom. The standard InChI is InChI=1S/C28H44N4O6S2/c1-27(2)15-29-11-19-7-23(39(5,35)36)9-21(25(19)33)13-31-17-28(3,4)18-32-14-22-10-24(40(6,37)38)8-20(26(22)34)12-30-16-27/h7-10,29-34H,11-18H2,1-6H3. The van der Waals surface area contributed by atoms with E-state index in [1.165, 1.54) is 24.3 Å². The number of rotatable bonds is 2. The Morgan fingerprint density at radius 2 is 0.775 bits per heavy atom. The van der Waals surface area contributed by atoms with E-state index in [1.807, 2.05) is 27.7 Å². The molecule has 0 amide bonds. The molecule has 1 aliphatic heterocycles. The third kappa shape index (κ3) is 8.89. The zero-order valence-electron chi connectivity index (χ0n) is 24.3. The topological polar surface area (TPSA) is 157 Å². The summed E-state index contributed by atoms with van der Waals surface area (Å²) in [5, 5.41) is 35.3. The van der Waals surface area contributed by atoms with Gasteiger partial charge < -0.3 is 31.5 Å². The van der Waals surface area contributed by atoms with Crippen molar-refractivity contribution in [3.8, 4) is 11.5 Å². The fourth-order valence-corrected chi connectivity index (χ4v) is 6.12. The number of nitrogens with one attached hydrogen (secondary N) is 4. The minimum atomic E-state index is -3.48. The van der Waals surface area contributed by atoms with Gasteiger partial charge in [0.2, 0.25) is 0 Å². The van der Waals surface area contributed by atoms with Crippen LogP contribution in [0.1, 0.15) is 49.9 Å². The maximum absolute atomic E-state index is 12.4. The normalized spacial score (nSPS) is 19.6. The lowest BCUT2D eigenvalue weighted by atomic mass is 9.92. The highest BCUT2D eigenvalue weighted by Crippen LogP contribution is 2.29. The van der Waals surface area contributed by atoms with Gasteiger partial charge in [-0.15, -0.1) is 0 Å². The monoisotopic (exact) mass is 596 g/mol. The van der Waals surface area contributed by atoms with Crippen molar-refractivity contribution in [3.05, 3.63) is 46.5 Å². The molecule has 3 rings (SSSR count). The minimum Gasteiger partial charge on any atom is -0.507 e. The van der Waals surface area contributed by atoms with Gasteiger partial charge in [-0.2, -0.15) is 0 Å². The van der Waals surface area contributed by atoms with Gasteiger partial charge in [-0.3, -0.25) is 0 Å². The lowest BCUT2D eigenvalue weighted by Crippen LogP contribution is -2.38. The summed E-state index contributed by atoms with van der Waals surface area (Å²) in [7, 11) is -6.95. The number of hydrogen-bond acceptors (Lipinski definition) is 10. The third-order valence-corrected chi connectivity index (χ3v) is 9.20. The average molecular weight is 597 g/mol. The van der Waals surface area contributed by atoms with Crippen LogP contribution in [-0.2, 0) is 45.9 Å². The van der Waals surface area contributed by atoms with Crippen LogP contribution in [0.4, 0.5) is 0 Å². The fraction of sp³-hybridized carbons (Fsp3) is 0.571. The molecular formula is C28H44N4O6S2. The molecule has 0 saturated heterocycles. The lowest BCUT2D eigenvalue weighted by Gasteiger charge is -2.27. The molecule has 4 bridgehead atoms. The first-order valence-corrected chi connectivity index (χ1v) is 17.1. The van der Waals surface area contributed by atoms with Crippen LogP contribution in [0.15, 0.2) is 34.1 Å². The summed E-state index contributed by atoms with van der Waals surface area (Å²) in [6.45, 7) is 11.5. The van der Waals surface area contributed by atoms with E-state index in [9.17, 15) is 27.0 Å². The Labute approximate surface area is 238 Å². The van der Waals surface area contributed by atoms with Crippen molar-refractivity contribution < 1.29 is 27.0 Å². The van der Waals surface area contributed by atoms with E-state index in [-0.39, 0.29) is 58.3 Å². The zero-order chi connectivity index (χ0) is 29.9. The first-order valence-electron chi connectivity index (χ1n) is 13.3. The largest absolute Gasteiger partial charge is 0.507 e. The molecule has 2 aromatic rings. The number of fused-ring (bicyclic) bond motifs is 4. The van der Waals surface area contributed by atoms with Crippen molar-refractivity contribution in [1.29, 1.82) is 0 Å². The van der Waals surface area contributed by atoms with Crippen molar-refractivity contribution in [3.63, 3.8) is 0 Å². The molecule has 0 unspecified atom stereocenters. The van der Waals surface area contributed by atoms with E-state index < -0.39 is 19.7 Å². The van der Waals surface area contributed by atoms with E-state index in [0.29, 0.717) is 48.4 Å². The number of phenolic OH excluding ortho intramolecular Hbond substituents is 2. The van der Waals surface area contributed by atoms with Gasteiger partial charge in [0.05, 0.1) is 9.79 Å². The van der Waals surface area contributed by atoms with Crippen LogP contribution in [0.3, 0.4) is 0 Å². The molecule has 10 nitrogen and oxygen atoms in total. The van der Waals surface area contributed by atoms with Crippen LogP contribution in [-0.4, -0.2) is 65.7 Å². The molecule has 1 aliphatic rings. The van der Waals surface area contributed by atoms with Crippen LogP contribution in [0, 0.1) is 10.8 Å². The molecule has 1 heterocycles. The van der Waals surface area contributed by atoms with Gasteiger partial charge >= 0.3 is 0 Å². The van der Waals surface area contributed by atoms with Crippen LogP contribution in [0.2, 0.25) is 0 Å². The van der Waals surface area contributed by atoms with Gasteiger partial charge in [0, 0.05) is 87.1 Å². The predicted octanol–water partition coefficient (Wildman–Crippen LogP) is 2.03. The summed E-state index contributed by atoms with van der Waals surface area (Å²) in [5.41, 5.74) is 1.52. The Balaban J connectivity index is 1.93. The molecular weight excluding hydrogens is 552 g/mol. The summed E-state index contributed by atoms with van der Waals surface area (Å²) in [6, 6.07) is 6.06. The van der Waals surface area contributed by atoms with Crippen LogP contribution >= 0.6 is 0 Å². The SMILES string of the molecule is CC1(C)CNCc2cc(S(C)(=O)=O)cc(c2O)CNCC(C)(C)CNCc2cc(S(C)(=O)=O)cc(c2O)CNC1. The molecule has 0 aliphatic carbocycles. The summed E-state index contributed by atoms with van der Waals surface area (Å²) in [5.74, 6) is 0.147. The van der Waals surface area contributed by atoms with Gasteiger partial charge in [-0.1, -0.05) is 27.7 Å². The smallest absolute Gasteiger partial charge is 0.175 e. The number of phenols is 2. The Bertz CT molecular complexity index is 1260. The molecule has 0 spiro atoms. The van der Waals surface area contributed by atoms with Gasteiger partial charge in [-0.05, 0) is 35.1 Å². The number of sulfone groups is 2. The van der Waals surface area contributed by atoms with Crippen molar-refractivity contribution in [2.75, 3.05) is 38.7 Å². The van der Waals surface area contributed by atoms with Crippen molar-refractivity contribution >= 4 is 19.7 Å². The quantitative estimate of drug-likeness (QED) is 0.303. The first kappa shape index (κ1) is 32.3. The van der Waals surface area contributed by atoms with Crippen LogP contribution < -0.4 is 21.3 Å². The van der Waals surface area contributed by atoms with Crippen molar-refractivity contribution in [2.45, 2.75) is 63.7 Å². The fourth-order valence-electron chi connectivity index (χ4n) is 4.69. The number of benzene rings is 2. The molecule has 0 aromatic heterocycles. The van der Waals surface area contributed by atoms with E-state index in [1.54, 1.807) is 0 Å². The molecule has 6 N–H and O–H groups in total. The van der Waals surface area contributed by atoms with E-state index in [2.05, 4.69) is 21.3 Å². The molecule has 40 heavy (non-hydrogen) atoms. The molecule has 0 radical (unpaired) electrons. The third-order valence-electron chi connectivity index (χ3n) is 7.01. The second-order valence-corrected chi connectivity index (χ2v) is 16.5. The highest BCUT2D eigenvalue weighted by molar-refractivity contribution is 7.91. The summed E-state index contributed by atoms with van der Waals surface area (Å²) in [6.07, 6.45) is 2.32. The molecule has 0 fully saturated rings. The zero-order valence-corrected chi connectivity index (χ0v) is 25.9. The lowest BCUT2D eigenvalue weighted by molar-refractivity contribution is 0.313. The van der Waals surface area contributed by atoms with Crippen molar-refractivity contribution in [2.24, 2.45) is 10.8 Å². The molecule has 12 heteroatoms. The Hall–Kier alpha value is -2.22. The molecule has 0 saturated carbocycles. The maximum atomic E-state index is 12.4. The summed E-state index contributed by atoms with van der Waals surface area (Å²) < 4.78 is 49.5. The molecule has 224 valence electrons. The van der Waals surface area contributed by atoms with Crippen molar-refractivity contribution in [1.82, 2.24) is 21.3 Å². The summed E-state index contributed by atoms with van der Waals surface area (Å²) in [4.78, 5) is 0.328. The highest BCUT2D eigenvalue weighted by Gasteiger charge is 2.23. The molecule has 2 aromatic carbocycles. The van der Waals surface area contributed by atoms with E-state index >= 15 is 0 Å². The highest BCUT2D eigenvalue weighted by atomic mass is 32.2. The second-order valence-electron chi connectivity index (χ2n) is 12.5. The summed E-state index contributed by atoms with van der Waals surface area (Å²) >= 11 is 0. The predicted molar refractivity (Wildman–Crippen MR) is 157 cm³/mol. The van der Waals surface area contributed by atoms with E-state index in [0.717, 1.165) is 12.5 Å². The van der Waals surface area contributed by atoms with Gasteiger partial charge in [-0.25, -0.2) is 16.8 Å². The second kappa shape index (κ2) is 12.3. The van der Waals surface area contributed by atoms with E-state index in [4.69, 9.17) is 0 Å². The maximum Gasteiger partial charge on any atom is 0.175 e. The Morgan fingerprint density at radius 1 is 0.550 bits per heavy atom. The Kier molecular flexibility index (Phi) is 9.96. The average Bonchev–Trinajstić information content (AvgIpc) is 2.80. The first-order chi connectivity index (χ1) is 18.4. The number of aromatic hydroxyl groups is 2. The van der Waals surface area contributed by atoms with Gasteiger partial charge in [0.25, 0.3) is 0 Å². The molecule has 0 atom stereocenters. The van der Waals surface area contributed by atoms with Gasteiger partial charge in [0.1, 0.15) is 11.5 Å². The van der Waals surface area contributed by atoms with Crippen LogP contribution in [0.5, 0.6) is 11.5 Å². The number of hydrogen-bond donors (Lipinski definition) is 6.